The molecule has 0 radical (unpaired) electrons. The van der Waals surface area contributed by atoms with Crippen LogP contribution in [-0.4, -0.2) is 23.3 Å². The SMILES string of the molecule is NCCOc1ccc(Nc2cn[nH]c(=O)c2Cl)cc1. The Balaban J connectivity index is 2.11. The number of rotatable bonds is 5. The number of nitrogens with zero attached hydrogens (tertiary/aromatic N) is 1. The average molecular weight is 281 g/mol. The molecular weight excluding hydrogens is 268 g/mol. The molecule has 0 saturated carbocycles. The van der Waals surface area contributed by atoms with Crippen LogP contribution in [0.2, 0.25) is 5.02 Å². The van der Waals surface area contributed by atoms with Gasteiger partial charge in [-0.3, -0.25) is 4.79 Å². The second-order valence-electron chi connectivity index (χ2n) is 3.71. The molecule has 0 unspecified atom stereocenters. The summed E-state index contributed by atoms with van der Waals surface area (Å²) in [5.74, 6) is 0.728. The third kappa shape index (κ3) is 3.46. The van der Waals surface area contributed by atoms with E-state index in [0.29, 0.717) is 18.8 Å². The third-order valence-corrected chi connectivity index (χ3v) is 2.69. The number of aromatic amines is 1. The summed E-state index contributed by atoms with van der Waals surface area (Å²) in [5.41, 5.74) is 6.13. The maximum atomic E-state index is 11.3. The van der Waals surface area contributed by atoms with Gasteiger partial charge in [-0.1, -0.05) is 11.6 Å². The van der Waals surface area contributed by atoms with Crippen LogP contribution in [0.4, 0.5) is 11.4 Å². The quantitative estimate of drug-likeness (QED) is 0.772. The van der Waals surface area contributed by atoms with Crippen molar-refractivity contribution in [2.75, 3.05) is 18.5 Å². The predicted molar refractivity (Wildman–Crippen MR) is 74.1 cm³/mol. The van der Waals surface area contributed by atoms with Crippen molar-refractivity contribution in [2.24, 2.45) is 5.73 Å². The maximum Gasteiger partial charge on any atom is 0.285 e. The Bertz CT molecular complexity index is 597. The number of halogens is 1. The lowest BCUT2D eigenvalue weighted by atomic mass is 10.3. The van der Waals surface area contributed by atoms with Crippen molar-refractivity contribution in [3.63, 3.8) is 0 Å². The summed E-state index contributed by atoms with van der Waals surface area (Å²) in [6, 6.07) is 7.21. The number of aromatic nitrogens is 2. The Morgan fingerprint density at radius 2 is 2.11 bits per heavy atom. The molecule has 0 aliphatic rings. The monoisotopic (exact) mass is 280 g/mol. The Morgan fingerprint density at radius 1 is 1.37 bits per heavy atom. The number of benzene rings is 1. The van der Waals surface area contributed by atoms with Gasteiger partial charge >= 0.3 is 0 Å². The number of nitrogens with one attached hydrogen (secondary N) is 2. The molecule has 0 atom stereocenters. The van der Waals surface area contributed by atoms with Gasteiger partial charge in [0.25, 0.3) is 5.56 Å². The zero-order valence-electron chi connectivity index (χ0n) is 10.0. The Kier molecular flexibility index (Phi) is 4.38. The Labute approximate surface area is 114 Å². The molecule has 1 heterocycles. The molecule has 1 aromatic carbocycles. The van der Waals surface area contributed by atoms with Crippen LogP contribution in [0.1, 0.15) is 0 Å². The number of hydrogen-bond donors (Lipinski definition) is 3. The van der Waals surface area contributed by atoms with E-state index in [1.807, 2.05) is 12.1 Å². The van der Waals surface area contributed by atoms with Gasteiger partial charge in [-0.05, 0) is 24.3 Å². The largest absolute Gasteiger partial charge is 0.492 e. The van der Waals surface area contributed by atoms with Crippen LogP contribution in [-0.2, 0) is 0 Å². The first kappa shape index (κ1) is 13.4. The molecule has 1 aromatic heterocycles. The molecule has 100 valence electrons. The molecule has 2 rings (SSSR count). The number of ether oxygens (including phenoxy) is 1. The first-order chi connectivity index (χ1) is 9.20. The van der Waals surface area contributed by atoms with E-state index in [2.05, 4.69) is 15.5 Å². The van der Waals surface area contributed by atoms with E-state index in [1.54, 1.807) is 12.1 Å². The molecule has 0 fully saturated rings. The van der Waals surface area contributed by atoms with Gasteiger partial charge in [0.2, 0.25) is 0 Å². The molecule has 4 N–H and O–H groups in total. The highest BCUT2D eigenvalue weighted by Crippen LogP contribution is 2.22. The van der Waals surface area contributed by atoms with Crippen molar-refractivity contribution >= 4 is 23.0 Å². The second kappa shape index (κ2) is 6.21. The number of anilines is 2. The van der Waals surface area contributed by atoms with Gasteiger partial charge in [-0.2, -0.15) is 5.10 Å². The maximum absolute atomic E-state index is 11.3. The standard InChI is InChI=1S/C12H13ClN4O2/c13-11-10(7-15-17-12(11)18)16-8-1-3-9(4-2-8)19-6-5-14/h1-4,7H,5-6,14H2,(H2,16,17,18). The molecule has 0 saturated heterocycles. The van der Waals surface area contributed by atoms with Gasteiger partial charge < -0.3 is 15.8 Å². The van der Waals surface area contributed by atoms with Gasteiger partial charge in [0.15, 0.2) is 0 Å². The predicted octanol–water partition coefficient (Wildman–Crippen LogP) is 1.50. The minimum Gasteiger partial charge on any atom is -0.492 e. The lowest BCUT2D eigenvalue weighted by Crippen LogP contribution is -2.11. The first-order valence-corrected chi connectivity index (χ1v) is 6.01. The Morgan fingerprint density at radius 3 is 2.79 bits per heavy atom. The molecule has 0 aliphatic carbocycles. The molecule has 0 spiro atoms. The highest BCUT2D eigenvalue weighted by molar-refractivity contribution is 6.33. The van der Waals surface area contributed by atoms with Crippen LogP contribution in [0.5, 0.6) is 5.75 Å². The van der Waals surface area contributed by atoms with E-state index >= 15 is 0 Å². The van der Waals surface area contributed by atoms with E-state index in [-0.39, 0.29) is 5.02 Å². The van der Waals surface area contributed by atoms with Gasteiger partial charge in [0.1, 0.15) is 17.4 Å². The minimum atomic E-state index is -0.436. The summed E-state index contributed by atoms with van der Waals surface area (Å²) in [5, 5.41) is 8.99. The van der Waals surface area contributed by atoms with Crippen LogP contribution >= 0.6 is 11.6 Å². The summed E-state index contributed by atoms with van der Waals surface area (Å²) >= 11 is 5.86. The Hall–Kier alpha value is -2.05. The number of nitrogens with two attached hydrogens (primary N) is 1. The van der Waals surface area contributed by atoms with Crippen molar-refractivity contribution < 1.29 is 4.74 Å². The van der Waals surface area contributed by atoms with Crippen LogP contribution in [0.3, 0.4) is 0 Å². The first-order valence-electron chi connectivity index (χ1n) is 5.64. The highest BCUT2D eigenvalue weighted by Gasteiger charge is 2.05. The lowest BCUT2D eigenvalue weighted by Gasteiger charge is -2.08. The number of hydrogen-bond acceptors (Lipinski definition) is 5. The van der Waals surface area contributed by atoms with Crippen molar-refractivity contribution in [2.45, 2.75) is 0 Å². The summed E-state index contributed by atoms with van der Waals surface area (Å²) in [4.78, 5) is 11.3. The molecule has 2 aromatic rings. The molecule has 0 aliphatic heterocycles. The molecule has 7 heteroatoms. The fourth-order valence-corrected chi connectivity index (χ4v) is 1.58. The summed E-state index contributed by atoms with van der Waals surface area (Å²) < 4.78 is 5.36. The van der Waals surface area contributed by atoms with Gasteiger partial charge in [0, 0.05) is 12.2 Å². The summed E-state index contributed by atoms with van der Waals surface area (Å²) in [7, 11) is 0. The van der Waals surface area contributed by atoms with Crippen molar-refractivity contribution in [1.82, 2.24) is 10.2 Å². The van der Waals surface area contributed by atoms with Crippen LogP contribution in [0, 0.1) is 0 Å². The van der Waals surface area contributed by atoms with E-state index in [9.17, 15) is 4.79 Å². The molecule has 19 heavy (non-hydrogen) atoms. The zero-order chi connectivity index (χ0) is 13.7. The van der Waals surface area contributed by atoms with Crippen molar-refractivity contribution in [3.8, 4) is 5.75 Å². The van der Waals surface area contributed by atoms with Crippen molar-refractivity contribution in [1.29, 1.82) is 0 Å². The fourth-order valence-electron chi connectivity index (χ4n) is 1.44. The van der Waals surface area contributed by atoms with Crippen molar-refractivity contribution in [3.05, 3.63) is 45.8 Å². The fraction of sp³-hybridized carbons (Fsp3) is 0.167. The van der Waals surface area contributed by atoms with Crippen LogP contribution in [0.15, 0.2) is 35.3 Å². The summed E-state index contributed by atoms with van der Waals surface area (Å²) in [6.45, 7) is 0.935. The average Bonchev–Trinajstić information content (AvgIpc) is 2.43. The summed E-state index contributed by atoms with van der Waals surface area (Å²) in [6.07, 6.45) is 1.45. The number of H-pyrrole nitrogens is 1. The smallest absolute Gasteiger partial charge is 0.285 e. The van der Waals surface area contributed by atoms with E-state index in [1.165, 1.54) is 6.20 Å². The minimum absolute atomic E-state index is 0.0680. The normalized spacial score (nSPS) is 10.2. The lowest BCUT2D eigenvalue weighted by molar-refractivity contribution is 0.328. The molecule has 6 nitrogen and oxygen atoms in total. The van der Waals surface area contributed by atoms with E-state index in [4.69, 9.17) is 22.1 Å². The van der Waals surface area contributed by atoms with Crippen LogP contribution < -0.4 is 21.3 Å². The zero-order valence-corrected chi connectivity index (χ0v) is 10.8. The highest BCUT2D eigenvalue weighted by atomic mass is 35.5. The molecule has 0 amide bonds. The van der Waals surface area contributed by atoms with Crippen LogP contribution in [0.25, 0.3) is 0 Å². The van der Waals surface area contributed by atoms with E-state index in [0.717, 1.165) is 11.4 Å². The van der Waals surface area contributed by atoms with E-state index < -0.39 is 5.56 Å². The molecule has 0 bridgehead atoms. The topological polar surface area (TPSA) is 93.0 Å². The second-order valence-corrected chi connectivity index (χ2v) is 4.09. The van der Waals surface area contributed by atoms with Gasteiger partial charge in [-0.15, -0.1) is 0 Å². The third-order valence-electron chi connectivity index (χ3n) is 2.32. The molecular formula is C12H13ClN4O2. The van der Waals surface area contributed by atoms with Gasteiger partial charge in [-0.25, -0.2) is 5.10 Å². The van der Waals surface area contributed by atoms with Gasteiger partial charge in [0.05, 0.1) is 11.9 Å².